The lowest BCUT2D eigenvalue weighted by Gasteiger charge is -2.32. The molecule has 0 aromatic heterocycles. The van der Waals surface area contributed by atoms with E-state index in [-0.39, 0.29) is 11.5 Å². The monoisotopic (exact) mass is 450 g/mol. The Balaban J connectivity index is 2.35. The Hall–Kier alpha value is -3.20. The van der Waals surface area contributed by atoms with Gasteiger partial charge in [0.1, 0.15) is 6.04 Å². The van der Waals surface area contributed by atoms with E-state index in [1.54, 1.807) is 60.7 Å². The number of carbonyl (C=O) groups is 3. The van der Waals surface area contributed by atoms with Gasteiger partial charge in [-0.15, -0.1) is 0 Å². The molecule has 32 heavy (non-hydrogen) atoms. The van der Waals surface area contributed by atoms with Crippen LogP contribution in [0.4, 0.5) is 13.2 Å². The quantitative estimate of drug-likeness (QED) is 0.356. The highest BCUT2D eigenvalue weighted by atomic mass is 19.4. The Kier molecular flexibility index (Phi) is 8.15. The first-order valence-corrected chi connectivity index (χ1v) is 9.85. The first-order chi connectivity index (χ1) is 14.9. The molecule has 172 valence electrons. The number of Topliss-reactive ketones (excluding diaryl/α,β-unsaturated/α-hetero) is 1. The number of nitrogens with one attached hydrogen (secondary N) is 1. The minimum absolute atomic E-state index is 0.0291. The lowest BCUT2D eigenvalue weighted by Crippen LogP contribution is -2.51. The van der Waals surface area contributed by atoms with E-state index in [0.29, 0.717) is 11.1 Å². The molecule has 0 fully saturated rings. The lowest BCUT2D eigenvalue weighted by molar-refractivity contribution is -0.244. The standard InChI is InChI=1S/C23H25F3N2O4/c1-22(2,3)32-28(15-29)18(14-23(24,25)26)20(30)21(31)27-19(16-10-6-4-7-11-16)17-12-8-5-9-13-17/h4-13,15,18-19H,14H2,1-3H3,(H,27,31). The van der Waals surface area contributed by atoms with Gasteiger partial charge in [-0.3, -0.25) is 19.2 Å². The SMILES string of the molecule is CC(C)(C)ON(C=O)C(CC(F)(F)F)C(=O)C(=O)NC(c1ccccc1)c1ccccc1. The number of hydrogen-bond donors (Lipinski definition) is 1. The molecule has 0 aliphatic rings. The first kappa shape index (κ1) is 25.1. The predicted octanol–water partition coefficient (Wildman–Crippen LogP) is 3.97. The minimum atomic E-state index is -4.82. The van der Waals surface area contributed by atoms with Gasteiger partial charge in [0.15, 0.2) is 0 Å². The van der Waals surface area contributed by atoms with Gasteiger partial charge in [-0.1, -0.05) is 60.7 Å². The Labute approximate surface area is 184 Å². The second-order valence-corrected chi connectivity index (χ2v) is 8.10. The molecule has 0 saturated heterocycles. The summed E-state index contributed by atoms with van der Waals surface area (Å²) in [6.07, 6.45) is -6.57. The van der Waals surface area contributed by atoms with Gasteiger partial charge in [0, 0.05) is 0 Å². The Morgan fingerprint density at radius 2 is 1.44 bits per heavy atom. The first-order valence-electron chi connectivity index (χ1n) is 9.85. The van der Waals surface area contributed by atoms with Crippen LogP contribution in [0.25, 0.3) is 0 Å². The van der Waals surface area contributed by atoms with E-state index < -0.39 is 42.0 Å². The molecule has 0 aliphatic heterocycles. The molecule has 2 aromatic carbocycles. The number of carbonyl (C=O) groups excluding carboxylic acids is 3. The molecule has 0 saturated carbocycles. The number of hydrogen-bond acceptors (Lipinski definition) is 4. The fourth-order valence-electron chi connectivity index (χ4n) is 3.00. The van der Waals surface area contributed by atoms with Crippen molar-refractivity contribution >= 4 is 18.1 Å². The number of benzene rings is 2. The van der Waals surface area contributed by atoms with Crippen molar-refractivity contribution < 1.29 is 32.4 Å². The third-order valence-corrected chi connectivity index (χ3v) is 4.28. The fourth-order valence-corrected chi connectivity index (χ4v) is 3.00. The molecule has 1 atom stereocenters. The van der Waals surface area contributed by atoms with E-state index in [0.717, 1.165) is 0 Å². The molecular weight excluding hydrogens is 425 g/mol. The molecule has 2 rings (SSSR count). The molecular formula is C23H25F3N2O4. The Morgan fingerprint density at radius 1 is 0.969 bits per heavy atom. The number of alkyl halides is 3. The van der Waals surface area contributed by atoms with Crippen LogP contribution in [0, 0.1) is 0 Å². The van der Waals surface area contributed by atoms with Crippen LogP contribution in [-0.4, -0.2) is 41.0 Å². The van der Waals surface area contributed by atoms with Crippen molar-refractivity contribution in [2.45, 2.75) is 51.1 Å². The van der Waals surface area contributed by atoms with E-state index in [9.17, 15) is 27.6 Å². The maximum Gasteiger partial charge on any atom is 0.391 e. The van der Waals surface area contributed by atoms with Crippen molar-refractivity contribution in [1.29, 1.82) is 0 Å². The lowest BCUT2D eigenvalue weighted by atomic mass is 9.98. The van der Waals surface area contributed by atoms with Crippen molar-refractivity contribution in [2.24, 2.45) is 0 Å². The molecule has 2 aromatic rings. The van der Waals surface area contributed by atoms with Crippen molar-refractivity contribution in [3.8, 4) is 0 Å². The van der Waals surface area contributed by atoms with Gasteiger partial charge in [-0.05, 0) is 31.9 Å². The molecule has 0 aliphatic carbocycles. The summed E-state index contributed by atoms with van der Waals surface area (Å²) in [4.78, 5) is 42.3. The molecule has 0 bridgehead atoms. The molecule has 2 amide bonds. The normalized spacial score (nSPS) is 12.8. The number of hydroxylamine groups is 2. The summed E-state index contributed by atoms with van der Waals surface area (Å²) in [5, 5.41) is 2.76. The second kappa shape index (κ2) is 10.4. The van der Waals surface area contributed by atoms with Crippen LogP contribution in [0.5, 0.6) is 0 Å². The summed E-state index contributed by atoms with van der Waals surface area (Å²) >= 11 is 0. The van der Waals surface area contributed by atoms with Crippen LogP contribution in [0.3, 0.4) is 0 Å². The topological polar surface area (TPSA) is 75.7 Å². The molecule has 0 radical (unpaired) electrons. The van der Waals surface area contributed by atoms with E-state index >= 15 is 0 Å². The average molecular weight is 450 g/mol. The molecule has 1 unspecified atom stereocenters. The number of amides is 2. The smallest absolute Gasteiger partial charge is 0.339 e. The minimum Gasteiger partial charge on any atom is -0.339 e. The van der Waals surface area contributed by atoms with Crippen molar-refractivity contribution in [2.75, 3.05) is 0 Å². The summed E-state index contributed by atoms with van der Waals surface area (Å²) < 4.78 is 39.5. The summed E-state index contributed by atoms with van der Waals surface area (Å²) in [6, 6.07) is 14.4. The van der Waals surface area contributed by atoms with Gasteiger partial charge in [0.25, 0.3) is 5.91 Å². The van der Waals surface area contributed by atoms with Crippen molar-refractivity contribution in [3.05, 3.63) is 71.8 Å². The Morgan fingerprint density at radius 3 is 1.81 bits per heavy atom. The molecule has 1 N–H and O–H groups in total. The zero-order chi connectivity index (χ0) is 23.9. The average Bonchev–Trinajstić information content (AvgIpc) is 2.73. The van der Waals surface area contributed by atoms with Gasteiger partial charge in [0.2, 0.25) is 12.2 Å². The van der Waals surface area contributed by atoms with E-state index in [1.165, 1.54) is 20.8 Å². The van der Waals surface area contributed by atoms with Crippen molar-refractivity contribution in [3.63, 3.8) is 0 Å². The number of rotatable bonds is 9. The summed E-state index contributed by atoms with van der Waals surface area (Å²) in [7, 11) is 0. The second-order valence-electron chi connectivity index (χ2n) is 8.10. The third-order valence-electron chi connectivity index (χ3n) is 4.28. The van der Waals surface area contributed by atoms with Crippen molar-refractivity contribution in [1.82, 2.24) is 10.4 Å². The highest BCUT2D eigenvalue weighted by Crippen LogP contribution is 2.27. The highest BCUT2D eigenvalue weighted by Gasteiger charge is 2.42. The molecule has 0 spiro atoms. The highest BCUT2D eigenvalue weighted by molar-refractivity contribution is 6.38. The third kappa shape index (κ3) is 7.49. The predicted molar refractivity (Wildman–Crippen MR) is 111 cm³/mol. The van der Waals surface area contributed by atoms with Gasteiger partial charge >= 0.3 is 6.18 Å². The molecule has 0 heterocycles. The van der Waals surface area contributed by atoms with Gasteiger partial charge in [0.05, 0.1) is 18.1 Å². The van der Waals surface area contributed by atoms with Gasteiger partial charge < -0.3 is 5.32 Å². The Bertz CT molecular complexity index is 873. The molecule has 9 heteroatoms. The van der Waals surface area contributed by atoms with E-state index in [1.807, 2.05) is 0 Å². The van der Waals surface area contributed by atoms with Crippen LogP contribution in [-0.2, 0) is 19.2 Å². The van der Waals surface area contributed by atoms with Crippen LogP contribution in [0.1, 0.15) is 44.4 Å². The zero-order valence-corrected chi connectivity index (χ0v) is 17.9. The fraction of sp³-hybridized carbons (Fsp3) is 0.348. The van der Waals surface area contributed by atoms with Crippen LogP contribution in [0.15, 0.2) is 60.7 Å². The summed E-state index contributed by atoms with van der Waals surface area (Å²) in [5.41, 5.74) is 0.189. The number of halogens is 3. The van der Waals surface area contributed by atoms with E-state index in [4.69, 9.17) is 4.84 Å². The van der Waals surface area contributed by atoms with Gasteiger partial charge in [-0.25, -0.2) is 5.06 Å². The largest absolute Gasteiger partial charge is 0.391 e. The maximum atomic E-state index is 13.2. The molecule has 6 nitrogen and oxygen atoms in total. The maximum absolute atomic E-state index is 13.2. The van der Waals surface area contributed by atoms with Gasteiger partial charge in [-0.2, -0.15) is 13.2 Å². The van der Waals surface area contributed by atoms with E-state index in [2.05, 4.69) is 5.32 Å². The number of ketones is 1. The van der Waals surface area contributed by atoms with Crippen LogP contribution >= 0.6 is 0 Å². The van der Waals surface area contributed by atoms with Crippen LogP contribution < -0.4 is 5.32 Å². The zero-order valence-electron chi connectivity index (χ0n) is 17.9. The summed E-state index contributed by atoms with van der Waals surface area (Å²) in [5.74, 6) is -2.70. The number of nitrogens with zero attached hydrogens (tertiary/aromatic N) is 1. The summed E-state index contributed by atoms with van der Waals surface area (Å²) in [6.45, 7) is 4.50. The van der Waals surface area contributed by atoms with Crippen LogP contribution in [0.2, 0.25) is 0 Å².